The summed E-state index contributed by atoms with van der Waals surface area (Å²) in [7, 11) is 0. The molecule has 2 atom stereocenters. The van der Waals surface area contributed by atoms with E-state index in [1.807, 2.05) is 0 Å². The van der Waals surface area contributed by atoms with Gasteiger partial charge in [-0.15, -0.1) is 0 Å². The second kappa shape index (κ2) is 9.35. The maximum absolute atomic E-state index is 3.85. The monoisotopic (exact) mass is 343 g/mol. The second-order valence-electron chi connectivity index (χ2n) is 7.05. The first-order valence-corrected chi connectivity index (χ1v) is 9.68. The summed E-state index contributed by atoms with van der Waals surface area (Å²) in [5.74, 6) is 0.410. The lowest BCUT2D eigenvalue weighted by atomic mass is 9.86. The lowest BCUT2D eigenvalue weighted by molar-refractivity contribution is 0.415. The highest BCUT2D eigenvalue weighted by molar-refractivity contribution is 5.32. The fourth-order valence-electron chi connectivity index (χ4n) is 3.74. The molecule has 0 fully saturated rings. The summed E-state index contributed by atoms with van der Waals surface area (Å²) in [5.41, 5.74) is 4.15. The molecule has 1 heteroatoms. The molecule has 0 radical (unpaired) electrons. The number of nitrogens with one attached hydrogen (secondary N) is 1. The Balaban J connectivity index is 1.76. The Hall–Kier alpha value is -2.38. The summed E-state index contributed by atoms with van der Waals surface area (Å²) in [6.45, 7) is 4.56. The van der Waals surface area contributed by atoms with E-state index in [9.17, 15) is 0 Å². The van der Waals surface area contributed by atoms with Crippen molar-refractivity contribution in [3.05, 3.63) is 108 Å². The second-order valence-corrected chi connectivity index (χ2v) is 7.05. The normalized spacial score (nSPS) is 13.5. The molecular weight excluding hydrogens is 314 g/mol. The van der Waals surface area contributed by atoms with Crippen LogP contribution in [0.25, 0.3) is 0 Å². The summed E-state index contributed by atoms with van der Waals surface area (Å²) in [5, 5.41) is 3.85. The third-order valence-electron chi connectivity index (χ3n) is 5.09. The molecule has 0 saturated heterocycles. The largest absolute Gasteiger partial charge is 0.307 e. The lowest BCUT2D eigenvalue weighted by Gasteiger charge is -2.27. The number of hydrogen-bond donors (Lipinski definition) is 1. The van der Waals surface area contributed by atoms with Gasteiger partial charge in [0.2, 0.25) is 0 Å². The lowest BCUT2D eigenvalue weighted by Crippen LogP contribution is -2.31. The molecule has 0 saturated carbocycles. The standard InChI is InChI=1S/C25H29N/c1-3-25(23-17-11-6-12-18-23)26-20(2)19-24(21-13-7-4-8-14-21)22-15-9-5-10-16-22/h4-18,20,24-26H,3,19H2,1-2H3. The van der Waals surface area contributed by atoms with Crippen LogP contribution in [0.4, 0.5) is 0 Å². The van der Waals surface area contributed by atoms with Crippen molar-refractivity contribution >= 4 is 0 Å². The molecular formula is C25H29N. The first kappa shape index (κ1) is 18.4. The van der Waals surface area contributed by atoms with Gasteiger partial charge < -0.3 is 5.32 Å². The van der Waals surface area contributed by atoms with Gasteiger partial charge in [0.05, 0.1) is 0 Å². The van der Waals surface area contributed by atoms with E-state index >= 15 is 0 Å². The Morgan fingerprint density at radius 1 is 0.654 bits per heavy atom. The van der Waals surface area contributed by atoms with Gasteiger partial charge in [-0.05, 0) is 36.5 Å². The summed E-state index contributed by atoms with van der Waals surface area (Å²) in [6, 6.07) is 33.3. The van der Waals surface area contributed by atoms with E-state index in [1.165, 1.54) is 16.7 Å². The molecule has 3 aromatic carbocycles. The zero-order valence-corrected chi connectivity index (χ0v) is 15.8. The average Bonchev–Trinajstić information content (AvgIpc) is 2.72. The van der Waals surface area contributed by atoms with E-state index in [4.69, 9.17) is 0 Å². The minimum atomic E-state index is 0.401. The molecule has 0 heterocycles. The topological polar surface area (TPSA) is 12.0 Å². The zero-order valence-electron chi connectivity index (χ0n) is 15.8. The molecule has 3 rings (SSSR count). The van der Waals surface area contributed by atoms with Crippen LogP contribution < -0.4 is 5.32 Å². The number of rotatable bonds is 8. The minimum Gasteiger partial charge on any atom is -0.307 e. The molecule has 26 heavy (non-hydrogen) atoms. The van der Waals surface area contributed by atoms with E-state index in [0.717, 1.165) is 12.8 Å². The molecule has 134 valence electrons. The van der Waals surface area contributed by atoms with Gasteiger partial charge in [-0.1, -0.05) is 97.9 Å². The van der Waals surface area contributed by atoms with E-state index in [2.05, 4.69) is 110 Å². The van der Waals surface area contributed by atoms with Crippen LogP contribution in [0.1, 0.15) is 55.3 Å². The van der Waals surface area contributed by atoms with Crippen molar-refractivity contribution in [2.75, 3.05) is 0 Å². The van der Waals surface area contributed by atoms with Crippen molar-refractivity contribution in [3.8, 4) is 0 Å². The third-order valence-corrected chi connectivity index (χ3v) is 5.09. The summed E-state index contributed by atoms with van der Waals surface area (Å²) < 4.78 is 0. The van der Waals surface area contributed by atoms with E-state index in [1.54, 1.807) is 0 Å². The van der Waals surface area contributed by atoms with E-state index in [0.29, 0.717) is 18.0 Å². The van der Waals surface area contributed by atoms with Crippen LogP contribution in [0.3, 0.4) is 0 Å². The molecule has 2 unspecified atom stereocenters. The van der Waals surface area contributed by atoms with Crippen molar-refractivity contribution < 1.29 is 0 Å². The first-order chi connectivity index (χ1) is 12.8. The molecule has 3 aromatic rings. The Morgan fingerprint density at radius 2 is 1.08 bits per heavy atom. The quantitative estimate of drug-likeness (QED) is 0.503. The highest BCUT2D eigenvalue weighted by Crippen LogP contribution is 2.30. The number of hydrogen-bond acceptors (Lipinski definition) is 1. The van der Waals surface area contributed by atoms with Gasteiger partial charge in [0, 0.05) is 18.0 Å². The SMILES string of the molecule is CCC(NC(C)CC(c1ccccc1)c1ccccc1)c1ccccc1. The Bertz CT molecular complexity index is 712. The fourth-order valence-corrected chi connectivity index (χ4v) is 3.74. The van der Waals surface area contributed by atoms with Crippen LogP contribution in [0.5, 0.6) is 0 Å². The molecule has 0 aliphatic heterocycles. The van der Waals surface area contributed by atoms with Crippen molar-refractivity contribution in [2.24, 2.45) is 0 Å². The van der Waals surface area contributed by atoms with Gasteiger partial charge in [0.15, 0.2) is 0 Å². The van der Waals surface area contributed by atoms with Gasteiger partial charge in [-0.2, -0.15) is 0 Å². The van der Waals surface area contributed by atoms with Crippen LogP contribution >= 0.6 is 0 Å². The minimum absolute atomic E-state index is 0.401. The van der Waals surface area contributed by atoms with Gasteiger partial charge in [0.1, 0.15) is 0 Å². The summed E-state index contributed by atoms with van der Waals surface area (Å²) >= 11 is 0. The van der Waals surface area contributed by atoms with Crippen molar-refractivity contribution in [1.29, 1.82) is 0 Å². The smallest absolute Gasteiger partial charge is 0.0319 e. The molecule has 1 nitrogen and oxygen atoms in total. The Labute approximate surface area is 158 Å². The maximum Gasteiger partial charge on any atom is 0.0319 e. The number of benzene rings is 3. The van der Waals surface area contributed by atoms with E-state index < -0.39 is 0 Å². The average molecular weight is 344 g/mol. The van der Waals surface area contributed by atoms with Gasteiger partial charge >= 0.3 is 0 Å². The predicted molar refractivity (Wildman–Crippen MR) is 111 cm³/mol. The third kappa shape index (κ3) is 4.83. The first-order valence-electron chi connectivity index (χ1n) is 9.68. The Morgan fingerprint density at radius 3 is 1.50 bits per heavy atom. The highest BCUT2D eigenvalue weighted by Gasteiger charge is 2.19. The molecule has 1 N–H and O–H groups in total. The molecule has 0 aliphatic rings. The molecule has 0 aromatic heterocycles. The van der Waals surface area contributed by atoms with E-state index in [-0.39, 0.29) is 0 Å². The van der Waals surface area contributed by atoms with Crippen molar-refractivity contribution in [3.63, 3.8) is 0 Å². The van der Waals surface area contributed by atoms with Crippen LogP contribution in [-0.4, -0.2) is 6.04 Å². The van der Waals surface area contributed by atoms with Crippen LogP contribution in [0.2, 0.25) is 0 Å². The van der Waals surface area contributed by atoms with Gasteiger partial charge in [-0.3, -0.25) is 0 Å². The fraction of sp³-hybridized carbons (Fsp3) is 0.280. The predicted octanol–water partition coefficient (Wildman–Crippen LogP) is 6.34. The van der Waals surface area contributed by atoms with Crippen molar-refractivity contribution in [2.45, 2.75) is 44.7 Å². The summed E-state index contributed by atoms with van der Waals surface area (Å²) in [6.07, 6.45) is 2.17. The zero-order chi connectivity index (χ0) is 18.2. The van der Waals surface area contributed by atoms with Crippen LogP contribution in [0.15, 0.2) is 91.0 Å². The van der Waals surface area contributed by atoms with Crippen LogP contribution in [-0.2, 0) is 0 Å². The molecule has 0 amide bonds. The van der Waals surface area contributed by atoms with Crippen LogP contribution in [0, 0.1) is 0 Å². The maximum atomic E-state index is 3.85. The molecule has 0 aliphatic carbocycles. The van der Waals surface area contributed by atoms with Gasteiger partial charge in [-0.25, -0.2) is 0 Å². The molecule has 0 spiro atoms. The summed E-state index contributed by atoms with van der Waals surface area (Å²) in [4.78, 5) is 0. The van der Waals surface area contributed by atoms with Crippen molar-refractivity contribution in [1.82, 2.24) is 5.32 Å². The Kier molecular flexibility index (Phi) is 6.62. The molecule has 0 bridgehead atoms. The highest BCUT2D eigenvalue weighted by atomic mass is 14.9. The van der Waals surface area contributed by atoms with Gasteiger partial charge in [0.25, 0.3) is 0 Å².